The van der Waals surface area contributed by atoms with Gasteiger partial charge in [0.25, 0.3) is 0 Å². The zero-order valence-corrected chi connectivity index (χ0v) is 14.9. The summed E-state index contributed by atoms with van der Waals surface area (Å²) < 4.78 is 13.5. The van der Waals surface area contributed by atoms with Crippen molar-refractivity contribution in [3.63, 3.8) is 0 Å². The molecule has 2 aromatic carbocycles. The molecule has 1 aliphatic rings. The third-order valence-corrected chi connectivity index (χ3v) is 4.38. The molecule has 0 atom stereocenters. The average molecular weight is 369 g/mol. The molecule has 0 spiro atoms. The molecule has 1 heterocycles. The molecule has 6 nitrogen and oxygen atoms in total. The number of carbonyl (C=O) groups is 3. The van der Waals surface area contributed by atoms with Crippen LogP contribution in [0, 0.1) is 12.7 Å². The quantitative estimate of drug-likeness (QED) is 0.816. The van der Waals surface area contributed by atoms with E-state index in [1.807, 2.05) is 0 Å². The van der Waals surface area contributed by atoms with Gasteiger partial charge in [-0.2, -0.15) is 0 Å². The molecule has 0 unspecified atom stereocenters. The molecule has 3 rings (SSSR count). The van der Waals surface area contributed by atoms with Crippen LogP contribution in [0.4, 0.5) is 21.5 Å². The lowest BCUT2D eigenvalue weighted by Gasteiger charge is -2.27. The Morgan fingerprint density at radius 1 is 1.00 bits per heavy atom. The zero-order chi connectivity index (χ0) is 19.4. The van der Waals surface area contributed by atoms with Crippen molar-refractivity contribution in [2.45, 2.75) is 26.2 Å². The highest BCUT2D eigenvalue weighted by atomic mass is 19.1. The van der Waals surface area contributed by atoms with Crippen molar-refractivity contribution < 1.29 is 18.8 Å². The third-order valence-electron chi connectivity index (χ3n) is 4.38. The molecule has 27 heavy (non-hydrogen) atoms. The molecule has 2 N–H and O–H groups in total. The number of aryl methyl sites for hydroxylation is 1. The number of nitrogens with one attached hydrogen (secondary N) is 2. The molecule has 1 saturated heterocycles. The van der Waals surface area contributed by atoms with Crippen LogP contribution >= 0.6 is 0 Å². The van der Waals surface area contributed by atoms with Crippen LogP contribution in [0.5, 0.6) is 0 Å². The van der Waals surface area contributed by atoms with Crippen molar-refractivity contribution in [2.24, 2.45) is 0 Å². The first kappa shape index (κ1) is 18.6. The summed E-state index contributed by atoms with van der Waals surface area (Å²) in [4.78, 5) is 37.9. The fourth-order valence-corrected chi connectivity index (χ4v) is 2.88. The minimum absolute atomic E-state index is 0.0452. The van der Waals surface area contributed by atoms with Gasteiger partial charge in [-0.25, -0.2) is 4.39 Å². The van der Waals surface area contributed by atoms with Crippen molar-refractivity contribution in [3.05, 3.63) is 53.8 Å². The van der Waals surface area contributed by atoms with E-state index in [0.29, 0.717) is 29.9 Å². The summed E-state index contributed by atoms with van der Waals surface area (Å²) in [5.41, 5.74) is 1.73. The fraction of sp³-hybridized carbons (Fsp3) is 0.250. The molecule has 0 aromatic heterocycles. The Bertz CT molecular complexity index is 898. The van der Waals surface area contributed by atoms with Crippen molar-refractivity contribution in [3.8, 4) is 0 Å². The average Bonchev–Trinajstić information content (AvgIpc) is 2.65. The third kappa shape index (κ3) is 4.49. The topological polar surface area (TPSA) is 78.5 Å². The van der Waals surface area contributed by atoms with Crippen LogP contribution in [0.3, 0.4) is 0 Å². The Balaban J connectivity index is 1.66. The van der Waals surface area contributed by atoms with E-state index < -0.39 is 17.6 Å². The Morgan fingerprint density at radius 3 is 2.37 bits per heavy atom. The molecular formula is C20H20FN3O3. The fourth-order valence-electron chi connectivity index (χ4n) is 2.88. The molecule has 0 radical (unpaired) electrons. The zero-order valence-electron chi connectivity index (χ0n) is 14.9. The first-order valence-corrected chi connectivity index (χ1v) is 8.73. The van der Waals surface area contributed by atoms with E-state index in [9.17, 15) is 18.8 Å². The standard InChI is InChI=1S/C20H20FN3O3/c1-13-8-9-15(12-17(13)21)23-20(27)19(26)22-14-5-4-6-16(11-14)24-10-3-2-7-18(24)25/h4-6,8-9,11-12H,2-3,7,10H2,1H3,(H,22,26)(H,23,27). The summed E-state index contributed by atoms with van der Waals surface area (Å²) in [6, 6.07) is 11.0. The lowest BCUT2D eigenvalue weighted by molar-refractivity contribution is -0.133. The number of hydrogen-bond donors (Lipinski definition) is 2. The van der Waals surface area contributed by atoms with Gasteiger partial charge in [0.2, 0.25) is 5.91 Å². The second kappa shape index (κ2) is 7.99. The first-order valence-electron chi connectivity index (χ1n) is 8.73. The van der Waals surface area contributed by atoms with E-state index in [0.717, 1.165) is 18.9 Å². The van der Waals surface area contributed by atoms with E-state index >= 15 is 0 Å². The number of anilines is 3. The largest absolute Gasteiger partial charge is 0.318 e. The van der Waals surface area contributed by atoms with Gasteiger partial charge in [0.1, 0.15) is 5.82 Å². The highest BCUT2D eigenvalue weighted by Gasteiger charge is 2.20. The predicted octanol–water partition coefficient (Wildman–Crippen LogP) is 3.23. The minimum Gasteiger partial charge on any atom is -0.318 e. The van der Waals surface area contributed by atoms with Crippen LogP contribution in [0.15, 0.2) is 42.5 Å². The van der Waals surface area contributed by atoms with Gasteiger partial charge in [0.15, 0.2) is 0 Å². The normalized spacial score (nSPS) is 14.0. The number of hydrogen-bond acceptors (Lipinski definition) is 3. The van der Waals surface area contributed by atoms with E-state index in [2.05, 4.69) is 10.6 Å². The van der Waals surface area contributed by atoms with Crippen LogP contribution in [-0.2, 0) is 14.4 Å². The van der Waals surface area contributed by atoms with Crippen molar-refractivity contribution in [1.82, 2.24) is 0 Å². The second-order valence-electron chi connectivity index (χ2n) is 6.43. The van der Waals surface area contributed by atoms with Gasteiger partial charge >= 0.3 is 11.8 Å². The highest BCUT2D eigenvalue weighted by Crippen LogP contribution is 2.24. The maximum Gasteiger partial charge on any atom is 0.314 e. The van der Waals surface area contributed by atoms with E-state index in [1.54, 1.807) is 36.1 Å². The lowest BCUT2D eigenvalue weighted by Crippen LogP contribution is -2.35. The predicted molar refractivity (Wildman–Crippen MR) is 101 cm³/mol. The molecule has 0 bridgehead atoms. The van der Waals surface area contributed by atoms with E-state index in [1.165, 1.54) is 12.1 Å². The molecule has 1 fully saturated rings. The molecular weight excluding hydrogens is 349 g/mol. The molecule has 2 aromatic rings. The maximum absolute atomic E-state index is 13.5. The minimum atomic E-state index is -0.905. The molecule has 7 heteroatoms. The summed E-state index contributed by atoms with van der Waals surface area (Å²) in [5, 5.41) is 4.86. The molecule has 3 amide bonds. The second-order valence-corrected chi connectivity index (χ2v) is 6.43. The van der Waals surface area contributed by atoms with Gasteiger partial charge in [-0.05, 0) is 55.7 Å². The number of piperidine rings is 1. The van der Waals surface area contributed by atoms with Crippen LogP contribution in [0.2, 0.25) is 0 Å². The van der Waals surface area contributed by atoms with Crippen LogP contribution in [0.25, 0.3) is 0 Å². The van der Waals surface area contributed by atoms with Gasteiger partial charge in [-0.15, -0.1) is 0 Å². The summed E-state index contributed by atoms with van der Waals surface area (Å²) in [6.45, 7) is 2.24. The van der Waals surface area contributed by atoms with Gasteiger partial charge in [-0.3, -0.25) is 14.4 Å². The number of carbonyl (C=O) groups excluding carboxylic acids is 3. The van der Waals surface area contributed by atoms with Crippen molar-refractivity contribution in [1.29, 1.82) is 0 Å². The summed E-state index contributed by atoms with van der Waals surface area (Å²) >= 11 is 0. The van der Waals surface area contributed by atoms with Gasteiger partial charge in [0, 0.05) is 30.0 Å². The van der Waals surface area contributed by atoms with Gasteiger partial charge < -0.3 is 15.5 Å². The van der Waals surface area contributed by atoms with E-state index in [-0.39, 0.29) is 11.6 Å². The van der Waals surface area contributed by atoms with E-state index in [4.69, 9.17) is 0 Å². The van der Waals surface area contributed by atoms with Crippen molar-refractivity contribution in [2.75, 3.05) is 22.1 Å². The highest BCUT2D eigenvalue weighted by molar-refractivity contribution is 6.43. The van der Waals surface area contributed by atoms with Crippen LogP contribution in [-0.4, -0.2) is 24.3 Å². The Hall–Kier alpha value is -3.22. The first-order chi connectivity index (χ1) is 12.9. The maximum atomic E-state index is 13.5. The Labute approximate surface area is 156 Å². The molecule has 0 saturated carbocycles. The van der Waals surface area contributed by atoms with Crippen LogP contribution < -0.4 is 15.5 Å². The van der Waals surface area contributed by atoms with Gasteiger partial charge in [-0.1, -0.05) is 12.1 Å². The Morgan fingerprint density at radius 2 is 1.70 bits per heavy atom. The molecule has 140 valence electrons. The number of rotatable bonds is 3. The number of halogens is 1. The Kier molecular flexibility index (Phi) is 5.49. The lowest BCUT2D eigenvalue weighted by atomic mass is 10.1. The molecule has 1 aliphatic heterocycles. The monoisotopic (exact) mass is 369 g/mol. The van der Waals surface area contributed by atoms with Crippen molar-refractivity contribution >= 4 is 34.8 Å². The SMILES string of the molecule is Cc1ccc(NC(=O)C(=O)Nc2cccc(N3CCCCC3=O)c2)cc1F. The smallest absolute Gasteiger partial charge is 0.314 e. The summed E-state index contributed by atoms with van der Waals surface area (Å²) in [5.74, 6) is -2.20. The van der Waals surface area contributed by atoms with Crippen LogP contribution in [0.1, 0.15) is 24.8 Å². The number of amides is 3. The number of benzene rings is 2. The summed E-state index contributed by atoms with van der Waals surface area (Å²) in [7, 11) is 0. The molecule has 0 aliphatic carbocycles. The summed E-state index contributed by atoms with van der Waals surface area (Å²) in [6.07, 6.45) is 2.31. The number of nitrogens with zero attached hydrogens (tertiary/aromatic N) is 1. The van der Waals surface area contributed by atoms with Gasteiger partial charge in [0.05, 0.1) is 0 Å².